The molecule has 2 aromatic carbocycles. The molecule has 0 radical (unpaired) electrons. The van der Waals surface area contributed by atoms with Crippen molar-refractivity contribution < 1.29 is 28.7 Å². The molecule has 0 bridgehead atoms. The van der Waals surface area contributed by atoms with Crippen LogP contribution >= 0.6 is 0 Å². The molecule has 3 aromatic rings. The molecule has 1 saturated carbocycles. The number of aromatic nitrogens is 2. The number of piperazine rings is 1. The van der Waals surface area contributed by atoms with Crippen molar-refractivity contribution in [2.45, 2.75) is 96.4 Å². The Kier molecular flexibility index (Phi) is 12.9. The number of hydrogen-bond donors (Lipinski definition) is 3. The zero-order chi connectivity index (χ0) is 38.1. The zero-order valence-corrected chi connectivity index (χ0v) is 31.5. The van der Waals surface area contributed by atoms with E-state index in [4.69, 9.17) is 4.74 Å². The summed E-state index contributed by atoms with van der Waals surface area (Å²) in [5.41, 5.74) is 1.93. The summed E-state index contributed by atoms with van der Waals surface area (Å²) < 4.78 is 7.19. The molecule has 2 fully saturated rings. The summed E-state index contributed by atoms with van der Waals surface area (Å²) in [5, 5.41) is 12.9. The van der Waals surface area contributed by atoms with E-state index in [0.29, 0.717) is 11.4 Å². The fraction of sp³-hybridized carbons (Fsp3) is 0.500. The van der Waals surface area contributed by atoms with Gasteiger partial charge in [0.05, 0.1) is 6.04 Å². The maximum Gasteiger partial charge on any atom is 0.410 e. The molecule has 53 heavy (non-hydrogen) atoms. The highest BCUT2D eigenvalue weighted by Gasteiger charge is 2.38. The van der Waals surface area contributed by atoms with Gasteiger partial charge in [-0.1, -0.05) is 68.7 Å². The van der Waals surface area contributed by atoms with E-state index in [0.717, 1.165) is 43.2 Å². The van der Waals surface area contributed by atoms with Crippen LogP contribution in [-0.4, -0.2) is 86.6 Å². The maximum atomic E-state index is 14.1. The molecule has 13 nitrogen and oxygen atoms in total. The van der Waals surface area contributed by atoms with Crippen molar-refractivity contribution >= 4 is 35.4 Å². The van der Waals surface area contributed by atoms with Crippen LogP contribution < -0.4 is 16.0 Å². The predicted molar refractivity (Wildman–Crippen MR) is 201 cm³/mol. The summed E-state index contributed by atoms with van der Waals surface area (Å²) in [6, 6.07) is 16.4. The van der Waals surface area contributed by atoms with E-state index in [2.05, 4.69) is 21.0 Å². The Balaban J connectivity index is 1.28. The van der Waals surface area contributed by atoms with E-state index < -0.39 is 29.8 Å². The van der Waals surface area contributed by atoms with Gasteiger partial charge in [0.2, 0.25) is 17.7 Å². The van der Waals surface area contributed by atoms with Crippen LogP contribution in [0.1, 0.15) is 93.9 Å². The molecule has 1 aliphatic carbocycles. The fourth-order valence-electron chi connectivity index (χ4n) is 7.06. The summed E-state index contributed by atoms with van der Waals surface area (Å²) in [6.45, 7) is 8.00. The Bertz CT molecular complexity index is 1730. The lowest BCUT2D eigenvalue weighted by Gasteiger charge is -2.42. The predicted octanol–water partition coefficient (Wildman–Crippen LogP) is 5.00. The normalized spacial score (nSPS) is 17.7. The molecular formula is C40H53N7O6. The summed E-state index contributed by atoms with van der Waals surface area (Å²) >= 11 is 0. The fourth-order valence-corrected chi connectivity index (χ4v) is 7.06. The number of amides is 5. The van der Waals surface area contributed by atoms with Gasteiger partial charge in [0.25, 0.3) is 5.91 Å². The lowest BCUT2D eigenvalue weighted by atomic mass is 9.83. The molecule has 0 spiro atoms. The van der Waals surface area contributed by atoms with Crippen LogP contribution in [0.25, 0.3) is 0 Å². The van der Waals surface area contributed by atoms with E-state index in [1.165, 1.54) is 4.68 Å². The average molecular weight is 728 g/mol. The summed E-state index contributed by atoms with van der Waals surface area (Å²) in [5.74, 6) is -1.12. The van der Waals surface area contributed by atoms with Crippen molar-refractivity contribution in [3.8, 4) is 0 Å². The second kappa shape index (κ2) is 17.5. The number of anilines is 1. The number of nitrogens with zero attached hydrogens (tertiary/aromatic N) is 4. The van der Waals surface area contributed by atoms with E-state index in [-0.39, 0.29) is 62.0 Å². The Morgan fingerprint density at radius 1 is 0.906 bits per heavy atom. The number of hydrogen-bond acceptors (Lipinski definition) is 7. The second-order valence-electron chi connectivity index (χ2n) is 14.9. The number of aryl methyl sites for hydroxylation is 1. The van der Waals surface area contributed by atoms with Crippen LogP contribution in [0.15, 0.2) is 66.9 Å². The largest absolute Gasteiger partial charge is 0.444 e. The number of ether oxygens (including phenoxy) is 1. The van der Waals surface area contributed by atoms with Crippen LogP contribution in [0.4, 0.5) is 10.5 Å². The zero-order valence-electron chi connectivity index (χ0n) is 31.5. The number of carbonyl (C=O) groups is 5. The van der Waals surface area contributed by atoms with Crippen molar-refractivity contribution in [3.05, 3.63) is 83.7 Å². The molecule has 1 aromatic heterocycles. The smallest absolute Gasteiger partial charge is 0.410 e. The van der Waals surface area contributed by atoms with Crippen molar-refractivity contribution in [2.75, 3.05) is 25.0 Å². The lowest BCUT2D eigenvalue weighted by molar-refractivity contribution is -0.139. The standard InChI is InChI=1S/C40H53N7O6/c1-6-34(48)43-31(38(51)46-23-24-47(39(52)53-40(2,3)4)33(26-46)28-13-9-7-10-14-28)25-27-17-19-30(20-18-27)42-37(50)35(29-15-11-8-12-16-29)44-36(49)32-21-22-41-45(32)5/h7,9-10,13-14,17-22,29,31,33,35H,6,8,11-12,15-16,23-26H2,1-5H3,(H,42,50)(H,43,48)(H,44,49)/t31?,33-,35?/m0/s1. The van der Waals surface area contributed by atoms with Crippen LogP contribution in [-0.2, 0) is 32.6 Å². The molecule has 2 unspecified atom stereocenters. The summed E-state index contributed by atoms with van der Waals surface area (Å²) in [6.07, 6.45) is 6.37. The number of carbonyl (C=O) groups excluding carboxylic acids is 5. The van der Waals surface area contributed by atoms with Gasteiger partial charge in [0, 0.05) is 51.4 Å². The molecule has 2 heterocycles. The number of rotatable bonds is 11. The maximum absolute atomic E-state index is 14.1. The highest BCUT2D eigenvalue weighted by atomic mass is 16.6. The first kappa shape index (κ1) is 39.0. The van der Waals surface area contributed by atoms with E-state index in [1.807, 2.05) is 63.2 Å². The van der Waals surface area contributed by atoms with Gasteiger partial charge in [-0.15, -0.1) is 0 Å². The van der Waals surface area contributed by atoms with E-state index in [9.17, 15) is 24.0 Å². The molecule has 284 valence electrons. The third-order valence-corrected chi connectivity index (χ3v) is 9.86. The van der Waals surface area contributed by atoms with E-state index >= 15 is 0 Å². The minimum Gasteiger partial charge on any atom is -0.444 e. The molecule has 2 aliphatic rings. The van der Waals surface area contributed by atoms with Gasteiger partial charge in [-0.05, 0) is 68.9 Å². The van der Waals surface area contributed by atoms with Crippen molar-refractivity contribution in [2.24, 2.45) is 13.0 Å². The minimum atomic E-state index is -0.842. The van der Waals surface area contributed by atoms with Crippen molar-refractivity contribution in [1.82, 2.24) is 30.2 Å². The van der Waals surface area contributed by atoms with Gasteiger partial charge in [0.15, 0.2) is 0 Å². The minimum absolute atomic E-state index is 0.0154. The molecule has 5 amide bonds. The molecule has 3 N–H and O–H groups in total. The lowest BCUT2D eigenvalue weighted by Crippen LogP contribution is -2.57. The monoisotopic (exact) mass is 727 g/mol. The highest BCUT2D eigenvalue weighted by Crippen LogP contribution is 2.29. The first-order valence-corrected chi connectivity index (χ1v) is 18.6. The topological polar surface area (TPSA) is 155 Å². The van der Waals surface area contributed by atoms with Gasteiger partial charge in [-0.25, -0.2) is 4.79 Å². The molecular weight excluding hydrogens is 674 g/mol. The number of nitrogens with one attached hydrogen (secondary N) is 3. The third-order valence-electron chi connectivity index (χ3n) is 9.86. The molecule has 13 heteroatoms. The van der Waals surface area contributed by atoms with Crippen LogP contribution in [0, 0.1) is 5.92 Å². The molecule has 1 saturated heterocycles. The van der Waals surface area contributed by atoms with Crippen LogP contribution in [0.5, 0.6) is 0 Å². The first-order chi connectivity index (χ1) is 25.3. The Morgan fingerprint density at radius 3 is 2.23 bits per heavy atom. The molecule has 5 rings (SSSR count). The average Bonchev–Trinajstić information content (AvgIpc) is 3.59. The second-order valence-corrected chi connectivity index (χ2v) is 14.9. The molecule has 3 atom stereocenters. The Hall–Kier alpha value is -5.20. The quantitative estimate of drug-likeness (QED) is 0.251. The van der Waals surface area contributed by atoms with Gasteiger partial charge < -0.3 is 25.6 Å². The first-order valence-electron chi connectivity index (χ1n) is 18.6. The van der Waals surface area contributed by atoms with Gasteiger partial charge >= 0.3 is 6.09 Å². The SMILES string of the molecule is CCC(=O)NC(Cc1ccc(NC(=O)C(NC(=O)c2ccnn2C)C2CCCCC2)cc1)C(=O)N1CCN(C(=O)OC(C)(C)C)[C@H](c2ccccc2)C1. The van der Waals surface area contributed by atoms with Crippen LogP contribution in [0.2, 0.25) is 0 Å². The van der Waals surface area contributed by atoms with Crippen molar-refractivity contribution in [1.29, 1.82) is 0 Å². The van der Waals surface area contributed by atoms with Gasteiger partial charge in [-0.2, -0.15) is 5.10 Å². The Labute approximate surface area is 311 Å². The van der Waals surface area contributed by atoms with Gasteiger partial charge in [0.1, 0.15) is 23.4 Å². The highest BCUT2D eigenvalue weighted by molar-refractivity contribution is 6.00. The van der Waals surface area contributed by atoms with Gasteiger partial charge in [-0.3, -0.25) is 28.8 Å². The summed E-state index contributed by atoms with van der Waals surface area (Å²) in [4.78, 5) is 70.2. The van der Waals surface area contributed by atoms with Crippen molar-refractivity contribution in [3.63, 3.8) is 0 Å². The van der Waals surface area contributed by atoms with E-state index in [1.54, 1.807) is 48.2 Å². The molecule has 1 aliphatic heterocycles. The summed E-state index contributed by atoms with van der Waals surface area (Å²) in [7, 11) is 1.69. The Morgan fingerprint density at radius 2 is 1.60 bits per heavy atom. The van der Waals surface area contributed by atoms with Crippen LogP contribution in [0.3, 0.4) is 0 Å². The number of benzene rings is 2. The third kappa shape index (κ3) is 10.5.